The van der Waals surface area contributed by atoms with E-state index in [0.717, 1.165) is 37.7 Å². The number of nitrogens with zero attached hydrogens (tertiary/aromatic N) is 3. The summed E-state index contributed by atoms with van der Waals surface area (Å²) in [7, 11) is 3.14. The molecule has 1 aliphatic carbocycles. The Balaban J connectivity index is 0.000000505. The van der Waals surface area contributed by atoms with Crippen LogP contribution in [0, 0.1) is 5.92 Å². The number of nitrogens with one attached hydrogen (secondary N) is 1. The number of hydrogen-bond donors (Lipinski definition) is 2. The van der Waals surface area contributed by atoms with Gasteiger partial charge in [-0.15, -0.1) is 0 Å². The van der Waals surface area contributed by atoms with Crippen LogP contribution in [0.4, 0.5) is 19.0 Å². The fourth-order valence-electron chi connectivity index (χ4n) is 4.60. The number of piperidine rings is 1. The molecule has 1 fully saturated rings. The molecule has 208 valence electrons. The van der Waals surface area contributed by atoms with Gasteiger partial charge in [-0.1, -0.05) is 12.2 Å². The van der Waals surface area contributed by atoms with Crippen LogP contribution in [0.5, 0.6) is 11.5 Å². The lowest BCUT2D eigenvalue weighted by molar-refractivity contribution is -0.192. The highest BCUT2D eigenvalue weighted by Gasteiger charge is 2.38. The third kappa shape index (κ3) is 7.98. The van der Waals surface area contributed by atoms with Crippen LogP contribution in [0.15, 0.2) is 42.6 Å². The van der Waals surface area contributed by atoms with Crippen molar-refractivity contribution in [1.29, 1.82) is 0 Å². The van der Waals surface area contributed by atoms with Gasteiger partial charge < -0.3 is 24.8 Å². The number of hydrogen-bond acceptors (Lipinski definition) is 6. The van der Waals surface area contributed by atoms with E-state index in [2.05, 4.69) is 27.5 Å². The number of anilines is 1. The van der Waals surface area contributed by atoms with Crippen molar-refractivity contribution in [3.05, 3.63) is 48.2 Å². The molecule has 2 aromatic rings. The van der Waals surface area contributed by atoms with Gasteiger partial charge in [-0.05, 0) is 56.2 Å². The van der Waals surface area contributed by atoms with Crippen molar-refractivity contribution in [2.24, 2.45) is 5.92 Å². The maximum Gasteiger partial charge on any atom is 0.490 e. The lowest BCUT2D eigenvalue weighted by Crippen LogP contribution is -2.38. The Morgan fingerprint density at radius 3 is 2.34 bits per heavy atom. The third-order valence-corrected chi connectivity index (χ3v) is 6.60. The molecular weight excluding hydrogens is 505 g/mol. The zero-order chi connectivity index (χ0) is 27.7. The number of methoxy groups -OCH3 is 2. The maximum absolute atomic E-state index is 12.8. The molecule has 0 spiro atoms. The number of carboxylic acid groups (broad SMARTS) is 1. The molecule has 1 amide bonds. The Labute approximate surface area is 219 Å². The lowest BCUT2D eigenvalue weighted by atomic mass is 9.93. The molecular formula is C26H33F3N4O5. The number of aromatic nitrogens is 2. The molecule has 1 aromatic carbocycles. The van der Waals surface area contributed by atoms with Gasteiger partial charge >= 0.3 is 12.1 Å². The van der Waals surface area contributed by atoms with E-state index in [4.69, 9.17) is 19.4 Å². The van der Waals surface area contributed by atoms with E-state index in [1.165, 1.54) is 25.8 Å². The molecule has 2 aliphatic rings. The topological polar surface area (TPSA) is 106 Å². The number of alkyl halides is 3. The Morgan fingerprint density at radius 2 is 1.76 bits per heavy atom. The molecule has 1 aliphatic heterocycles. The number of ether oxygens (including phenoxy) is 2. The quantitative estimate of drug-likeness (QED) is 0.489. The fourth-order valence-corrected chi connectivity index (χ4v) is 4.60. The molecule has 1 atom stereocenters. The average Bonchev–Trinajstić information content (AvgIpc) is 3.37. The monoisotopic (exact) mass is 538 g/mol. The van der Waals surface area contributed by atoms with Crippen molar-refractivity contribution in [3.63, 3.8) is 0 Å². The zero-order valence-electron chi connectivity index (χ0n) is 21.4. The van der Waals surface area contributed by atoms with Crippen molar-refractivity contribution in [3.8, 4) is 11.5 Å². The molecule has 12 heteroatoms. The standard InChI is InChI=1S/C24H32N4O3.C2HF3O2/c1-30-21-9-8-19(16-22(21)31-2)24(29)26-23-10-13-25-28(23)20-11-14-27(15-12-20)17-18-6-4-3-5-7-18;3-2(4,5)1(6)7/h3-4,8-10,13,16,18,20H,5-7,11-12,14-15,17H2,1-2H3,(H,26,29);(H,6,7). The van der Waals surface area contributed by atoms with E-state index in [1.807, 2.05) is 10.7 Å². The number of carbonyl (C=O) groups is 2. The summed E-state index contributed by atoms with van der Waals surface area (Å²) in [6.45, 7) is 3.35. The van der Waals surface area contributed by atoms with E-state index in [0.29, 0.717) is 23.1 Å². The minimum absolute atomic E-state index is 0.189. The van der Waals surface area contributed by atoms with Crippen molar-refractivity contribution < 1.29 is 37.3 Å². The predicted octanol–water partition coefficient (Wildman–Crippen LogP) is 4.78. The van der Waals surface area contributed by atoms with Crippen LogP contribution in [0.3, 0.4) is 0 Å². The zero-order valence-corrected chi connectivity index (χ0v) is 21.4. The van der Waals surface area contributed by atoms with Crippen LogP contribution in [0.25, 0.3) is 0 Å². The fraction of sp³-hybridized carbons (Fsp3) is 0.500. The van der Waals surface area contributed by atoms with E-state index < -0.39 is 12.1 Å². The van der Waals surface area contributed by atoms with Crippen LogP contribution in [-0.2, 0) is 4.79 Å². The molecule has 9 nitrogen and oxygen atoms in total. The van der Waals surface area contributed by atoms with E-state index >= 15 is 0 Å². The largest absolute Gasteiger partial charge is 0.493 e. The van der Waals surface area contributed by atoms with Gasteiger partial charge in [-0.2, -0.15) is 18.3 Å². The SMILES string of the molecule is COc1ccc(C(=O)Nc2ccnn2C2CCN(CC3CC=CCC3)CC2)cc1OC.O=C(O)C(F)(F)F. The van der Waals surface area contributed by atoms with Gasteiger partial charge in [-0.25, -0.2) is 9.48 Å². The second kappa shape index (κ2) is 13.3. The van der Waals surface area contributed by atoms with Crippen molar-refractivity contribution >= 4 is 17.7 Å². The minimum Gasteiger partial charge on any atom is -0.493 e. The van der Waals surface area contributed by atoms with Gasteiger partial charge in [0.25, 0.3) is 5.91 Å². The molecule has 0 radical (unpaired) electrons. The first-order chi connectivity index (χ1) is 18.1. The molecule has 0 bridgehead atoms. The number of amides is 1. The summed E-state index contributed by atoms with van der Waals surface area (Å²) in [5.41, 5.74) is 0.516. The molecule has 38 heavy (non-hydrogen) atoms. The Hall–Kier alpha value is -3.54. The number of carbonyl (C=O) groups excluding carboxylic acids is 1. The summed E-state index contributed by atoms with van der Waals surface area (Å²) in [6, 6.07) is 7.32. The normalized spacial score (nSPS) is 18.3. The summed E-state index contributed by atoms with van der Waals surface area (Å²) in [5, 5.41) is 14.7. The first-order valence-electron chi connectivity index (χ1n) is 12.4. The number of benzene rings is 1. The summed E-state index contributed by atoms with van der Waals surface area (Å²) in [5.74, 6) is -0.291. The second-order valence-electron chi connectivity index (χ2n) is 9.17. The van der Waals surface area contributed by atoms with Gasteiger partial charge in [0.2, 0.25) is 0 Å². The predicted molar refractivity (Wildman–Crippen MR) is 135 cm³/mol. The first-order valence-corrected chi connectivity index (χ1v) is 12.4. The van der Waals surface area contributed by atoms with E-state index in [9.17, 15) is 18.0 Å². The van der Waals surface area contributed by atoms with Crippen LogP contribution < -0.4 is 14.8 Å². The Morgan fingerprint density at radius 1 is 1.08 bits per heavy atom. The van der Waals surface area contributed by atoms with Crippen LogP contribution in [-0.4, -0.2) is 71.7 Å². The van der Waals surface area contributed by atoms with Gasteiger partial charge in [-0.3, -0.25) is 4.79 Å². The number of likely N-dealkylation sites (tertiary alicyclic amines) is 1. The number of halogens is 3. The highest BCUT2D eigenvalue weighted by Crippen LogP contribution is 2.30. The first kappa shape index (κ1) is 29.0. The summed E-state index contributed by atoms with van der Waals surface area (Å²) in [4.78, 5) is 24.3. The van der Waals surface area contributed by atoms with Gasteiger partial charge in [0.1, 0.15) is 5.82 Å². The van der Waals surface area contributed by atoms with Crippen molar-refractivity contribution in [1.82, 2.24) is 14.7 Å². The van der Waals surface area contributed by atoms with Gasteiger partial charge in [0.15, 0.2) is 11.5 Å². The van der Waals surface area contributed by atoms with E-state index in [1.54, 1.807) is 38.6 Å². The third-order valence-electron chi connectivity index (χ3n) is 6.60. The summed E-state index contributed by atoms with van der Waals surface area (Å²) >= 11 is 0. The highest BCUT2D eigenvalue weighted by atomic mass is 19.4. The molecule has 0 saturated carbocycles. The summed E-state index contributed by atoms with van der Waals surface area (Å²) in [6.07, 6.45) is 7.14. The van der Waals surface area contributed by atoms with Crippen molar-refractivity contribution in [2.75, 3.05) is 39.2 Å². The molecule has 1 unspecified atom stereocenters. The molecule has 1 saturated heterocycles. The average molecular weight is 539 g/mol. The van der Waals surface area contributed by atoms with Crippen LogP contribution in [0.1, 0.15) is 48.5 Å². The van der Waals surface area contributed by atoms with Crippen LogP contribution >= 0.6 is 0 Å². The highest BCUT2D eigenvalue weighted by molar-refractivity contribution is 6.04. The maximum atomic E-state index is 12.8. The van der Waals surface area contributed by atoms with Crippen LogP contribution in [0.2, 0.25) is 0 Å². The Bertz CT molecular complexity index is 1110. The molecule has 2 N–H and O–H groups in total. The van der Waals surface area contributed by atoms with Crippen molar-refractivity contribution in [2.45, 2.75) is 44.3 Å². The molecule has 4 rings (SSSR count). The van der Waals surface area contributed by atoms with E-state index in [-0.39, 0.29) is 5.91 Å². The number of aliphatic carboxylic acids is 1. The molecule has 2 heterocycles. The smallest absolute Gasteiger partial charge is 0.490 e. The number of carboxylic acids is 1. The number of rotatable bonds is 7. The number of allylic oxidation sites excluding steroid dienone is 2. The molecule has 1 aromatic heterocycles. The second-order valence-corrected chi connectivity index (χ2v) is 9.17. The van der Waals surface area contributed by atoms with Gasteiger partial charge in [0.05, 0.1) is 26.5 Å². The Kier molecular flexibility index (Phi) is 10.2. The summed E-state index contributed by atoms with van der Waals surface area (Å²) < 4.78 is 44.3. The van der Waals surface area contributed by atoms with Gasteiger partial charge in [0, 0.05) is 31.3 Å². The lowest BCUT2D eigenvalue weighted by Gasteiger charge is -2.35. The minimum atomic E-state index is -5.08.